The van der Waals surface area contributed by atoms with Gasteiger partial charge in [0.1, 0.15) is 0 Å². The zero-order chi connectivity index (χ0) is 12.9. The smallest absolute Gasteiger partial charge is 0.268 e. The predicted octanol–water partition coefficient (Wildman–Crippen LogP) is 1.49. The summed E-state index contributed by atoms with van der Waals surface area (Å²) < 4.78 is 26.1. The Balaban J connectivity index is 2.17. The quantitative estimate of drug-likeness (QED) is 0.778. The Morgan fingerprint density at radius 3 is 2.06 bits per heavy atom. The third kappa shape index (κ3) is 1.27. The van der Waals surface area contributed by atoms with Gasteiger partial charge in [0.2, 0.25) is 5.95 Å². The fourth-order valence-electron chi connectivity index (χ4n) is 1.81. The highest BCUT2D eigenvalue weighted by molar-refractivity contribution is 6.33. The molecule has 1 aromatic carbocycles. The van der Waals surface area contributed by atoms with Gasteiger partial charge in [0.15, 0.2) is 11.6 Å². The van der Waals surface area contributed by atoms with Gasteiger partial charge in [0, 0.05) is 12.4 Å². The fourth-order valence-corrected chi connectivity index (χ4v) is 1.81. The molecule has 2 aromatic rings. The van der Waals surface area contributed by atoms with Crippen LogP contribution in [0.4, 0.5) is 14.7 Å². The normalized spacial score (nSPS) is 14.2. The molecule has 0 saturated heterocycles. The minimum Gasteiger partial charge on any atom is -0.330 e. The monoisotopic (exact) mass is 249 g/mol. The maximum Gasteiger partial charge on any atom is 0.268 e. The van der Waals surface area contributed by atoms with Gasteiger partial charge in [0.05, 0.1) is 11.1 Å². The molecule has 0 aliphatic carbocycles. The van der Waals surface area contributed by atoms with E-state index < -0.39 is 23.4 Å². The molecule has 2 amide bonds. The Morgan fingerprint density at radius 1 is 1.06 bits per heavy atom. The van der Waals surface area contributed by atoms with E-state index in [-0.39, 0.29) is 17.1 Å². The molecule has 18 heavy (non-hydrogen) atoms. The maximum absolute atomic E-state index is 13.1. The average Bonchev–Trinajstić information content (AvgIpc) is 2.91. The van der Waals surface area contributed by atoms with Crippen molar-refractivity contribution >= 4 is 17.8 Å². The lowest BCUT2D eigenvalue weighted by molar-refractivity contribution is 0.0924. The third-order valence-electron chi connectivity index (χ3n) is 2.62. The summed E-state index contributed by atoms with van der Waals surface area (Å²) in [4.78, 5) is 30.9. The molecule has 5 nitrogen and oxygen atoms in total. The van der Waals surface area contributed by atoms with E-state index in [1.807, 2.05) is 0 Å². The van der Waals surface area contributed by atoms with Crippen molar-refractivity contribution in [3.05, 3.63) is 47.3 Å². The highest BCUT2D eigenvalue weighted by Crippen LogP contribution is 2.27. The van der Waals surface area contributed by atoms with Crippen molar-refractivity contribution in [2.24, 2.45) is 0 Å². The Bertz CT molecular complexity index is 626. The average molecular weight is 249 g/mol. The number of anilines is 1. The van der Waals surface area contributed by atoms with Crippen LogP contribution in [0.15, 0.2) is 24.5 Å². The number of hydrogen-bond acceptors (Lipinski definition) is 3. The highest BCUT2D eigenvalue weighted by Gasteiger charge is 2.39. The number of fused-ring (bicyclic) bond motifs is 1. The van der Waals surface area contributed by atoms with Gasteiger partial charge >= 0.3 is 0 Å². The SMILES string of the molecule is O=C1c2cc(F)c(F)cc2C(=O)N1c1ncc[nH]1. The number of nitrogens with zero attached hydrogens (tertiary/aromatic N) is 2. The molecule has 90 valence electrons. The van der Waals surface area contributed by atoms with Gasteiger partial charge in [-0.1, -0.05) is 0 Å². The second-order valence-corrected chi connectivity index (χ2v) is 3.67. The molecule has 1 aromatic heterocycles. The number of amides is 2. The Hall–Kier alpha value is -2.57. The molecule has 0 atom stereocenters. The van der Waals surface area contributed by atoms with E-state index >= 15 is 0 Å². The van der Waals surface area contributed by atoms with Gasteiger partial charge in [-0.25, -0.2) is 18.7 Å². The standard InChI is InChI=1S/C11H5F2N3O2/c12-7-3-5-6(4-8(7)13)10(18)16(9(5)17)11-14-1-2-15-11/h1-4H,(H,14,15). The number of H-pyrrole nitrogens is 1. The van der Waals surface area contributed by atoms with Gasteiger partial charge in [0.25, 0.3) is 11.8 Å². The number of rotatable bonds is 1. The van der Waals surface area contributed by atoms with Crippen LogP contribution in [0.2, 0.25) is 0 Å². The third-order valence-corrected chi connectivity index (χ3v) is 2.62. The molecule has 1 aliphatic rings. The van der Waals surface area contributed by atoms with Crippen LogP contribution in [0.1, 0.15) is 20.7 Å². The van der Waals surface area contributed by atoms with E-state index in [0.717, 1.165) is 4.90 Å². The number of hydrogen-bond donors (Lipinski definition) is 1. The molecule has 1 aliphatic heterocycles. The van der Waals surface area contributed by atoms with Crippen molar-refractivity contribution in [3.63, 3.8) is 0 Å². The largest absolute Gasteiger partial charge is 0.330 e. The summed E-state index contributed by atoms with van der Waals surface area (Å²) in [5.41, 5.74) is -0.342. The molecular weight excluding hydrogens is 244 g/mol. The molecule has 2 heterocycles. The zero-order valence-electron chi connectivity index (χ0n) is 8.78. The van der Waals surface area contributed by atoms with Crippen LogP contribution in [-0.2, 0) is 0 Å². The minimum absolute atomic E-state index is 0.0158. The van der Waals surface area contributed by atoms with E-state index in [0.29, 0.717) is 12.1 Å². The lowest BCUT2D eigenvalue weighted by Crippen LogP contribution is -2.30. The highest BCUT2D eigenvalue weighted by atomic mass is 19.2. The Kier molecular flexibility index (Phi) is 2.03. The first-order valence-electron chi connectivity index (χ1n) is 4.97. The molecule has 0 spiro atoms. The maximum atomic E-state index is 13.1. The first-order valence-corrected chi connectivity index (χ1v) is 4.97. The Labute approximate surface area is 99.1 Å². The second-order valence-electron chi connectivity index (χ2n) is 3.67. The van der Waals surface area contributed by atoms with Crippen LogP contribution >= 0.6 is 0 Å². The van der Waals surface area contributed by atoms with Crippen LogP contribution in [0.5, 0.6) is 0 Å². The van der Waals surface area contributed by atoms with Crippen LogP contribution in [0, 0.1) is 11.6 Å². The second kappa shape index (κ2) is 3.46. The van der Waals surface area contributed by atoms with E-state index in [1.165, 1.54) is 12.4 Å². The van der Waals surface area contributed by atoms with Crippen molar-refractivity contribution in [3.8, 4) is 0 Å². The van der Waals surface area contributed by atoms with E-state index in [9.17, 15) is 18.4 Å². The molecule has 0 radical (unpaired) electrons. The number of halogens is 2. The predicted molar refractivity (Wildman–Crippen MR) is 56.1 cm³/mol. The van der Waals surface area contributed by atoms with Crippen molar-refractivity contribution in [1.29, 1.82) is 0 Å². The molecule has 0 bridgehead atoms. The molecular formula is C11H5F2N3O2. The number of imidazole rings is 1. The number of carbonyl (C=O) groups is 2. The van der Waals surface area contributed by atoms with Gasteiger partial charge < -0.3 is 4.98 Å². The molecule has 0 unspecified atom stereocenters. The van der Waals surface area contributed by atoms with Crippen molar-refractivity contribution in [1.82, 2.24) is 9.97 Å². The van der Waals surface area contributed by atoms with Gasteiger partial charge in [-0.15, -0.1) is 0 Å². The van der Waals surface area contributed by atoms with Crippen LogP contribution in [0.3, 0.4) is 0 Å². The van der Waals surface area contributed by atoms with Gasteiger partial charge in [-0.05, 0) is 12.1 Å². The van der Waals surface area contributed by atoms with E-state index in [1.54, 1.807) is 0 Å². The number of nitrogens with one attached hydrogen (secondary N) is 1. The Morgan fingerprint density at radius 2 is 1.61 bits per heavy atom. The number of imide groups is 1. The van der Waals surface area contributed by atoms with Gasteiger partial charge in [-0.2, -0.15) is 0 Å². The minimum atomic E-state index is -1.17. The summed E-state index contributed by atoms with van der Waals surface area (Å²) in [7, 11) is 0. The number of carbonyl (C=O) groups excluding carboxylic acids is 2. The number of benzene rings is 1. The topological polar surface area (TPSA) is 66.1 Å². The van der Waals surface area contributed by atoms with E-state index in [2.05, 4.69) is 9.97 Å². The van der Waals surface area contributed by atoms with Crippen LogP contribution < -0.4 is 4.90 Å². The first-order chi connectivity index (χ1) is 8.59. The summed E-state index contributed by atoms with van der Waals surface area (Å²) in [6, 6.07) is 1.43. The lowest BCUT2D eigenvalue weighted by Gasteiger charge is -2.08. The van der Waals surface area contributed by atoms with Gasteiger partial charge in [-0.3, -0.25) is 9.59 Å². The zero-order valence-corrected chi connectivity index (χ0v) is 8.78. The van der Waals surface area contributed by atoms with E-state index in [4.69, 9.17) is 0 Å². The van der Waals surface area contributed by atoms with Crippen LogP contribution in [-0.4, -0.2) is 21.8 Å². The van der Waals surface area contributed by atoms with Crippen molar-refractivity contribution in [2.45, 2.75) is 0 Å². The molecule has 3 rings (SSSR count). The molecule has 0 fully saturated rings. The fraction of sp³-hybridized carbons (Fsp3) is 0. The lowest BCUT2D eigenvalue weighted by atomic mass is 10.1. The molecule has 0 saturated carbocycles. The first kappa shape index (κ1) is 10.6. The van der Waals surface area contributed by atoms with Crippen molar-refractivity contribution in [2.75, 3.05) is 4.90 Å². The summed E-state index contributed by atoms with van der Waals surface area (Å²) in [5.74, 6) is -3.79. The number of aromatic nitrogens is 2. The summed E-state index contributed by atoms with van der Waals surface area (Å²) in [6.45, 7) is 0. The summed E-state index contributed by atoms with van der Waals surface area (Å²) in [5, 5.41) is 0. The number of aromatic amines is 1. The summed E-state index contributed by atoms with van der Waals surface area (Å²) >= 11 is 0. The van der Waals surface area contributed by atoms with Crippen LogP contribution in [0.25, 0.3) is 0 Å². The van der Waals surface area contributed by atoms with Crippen molar-refractivity contribution < 1.29 is 18.4 Å². The summed E-state index contributed by atoms with van der Waals surface area (Å²) in [6.07, 6.45) is 2.79. The molecule has 7 heteroatoms. The molecule has 1 N–H and O–H groups in total.